The van der Waals surface area contributed by atoms with Gasteiger partial charge in [0.05, 0.1) is 24.3 Å². The lowest BCUT2D eigenvalue weighted by Crippen LogP contribution is -2.36. The molecule has 2 aromatic carbocycles. The zero-order valence-corrected chi connectivity index (χ0v) is 22.9. The fourth-order valence-corrected chi connectivity index (χ4v) is 7.68. The van der Waals surface area contributed by atoms with E-state index in [-0.39, 0.29) is 5.56 Å². The van der Waals surface area contributed by atoms with Crippen molar-refractivity contribution in [2.45, 2.75) is 31.3 Å². The summed E-state index contributed by atoms with van der Waals surface area (Å²) in [5.74, 6) is 0.817. The van der Waals surface area contributed by atoms with Gasteiger partial charge in [-0.25, -0.2) is 0 Å². The Hall–Kier alpha value is -2.52. The second-order valence-electron chi connectivity index (χ2n) is 8.08. The highest BCUT2D eigenvalue weighted by Gasteiger charge is 2.25. The van der Waals surface area contributed by atoms with E-state index >= 15 is 0 Å². The molecule has 0 spiro atoms. The van der Waals surface area contributed by atoms with Gasteiger partial charge in [-0.1, -0.05) is 46.8 Å². The summed E-state index contributed by atoms with van der Waals surface area (Å²) in [7, 11) is 3.69. The van der Waals surface area contributed by atoms with E-state index in [1.165, 1.54) is 5.56 Å². The smallest absolute Gasteiger partial charge is 0.271 e. The number of thiazole rings is 2. The Morgan fingerprint density at radius 1 is 1.20 bits per heavy atom. The fraction of sp³-hybridized carbons (Fsp3) is 0.231. The number of anilines is 1. The van der Waals surface area contributed by atoms with E-state index in [2.05, 4.69) is 33.2 Å². The summed E-state index contributed by atoms with van der Waals surface area (Å²) >= 11 is 11.0. The second kappa shape index (κ2) is 10.2. The van der Waals surface area contributed by atoms with Crippen LogP contribution in [0.15, 0.2) is 63.7 Å². The van der Waals surface area contributed by atoms with Gasteiger partial charge in [0.15, 0.2) is 12.7 Å². The number of methoxy groups -OCH3 is 1. The highest BCUT2D eigenvalue weighted by atomic mass is 35.5. The van der Waals surface area contributed by atoms with Gasteiger partial charge >= 0.3 is 0 Å². The number of halogens is 1. The molecule has 1 aliphatic rings. The number of hydrogen-bond donors (Lipinski definition) is 0. The average Bonchev–Trinajstić information content (AvgIpc) is 3.53. The van der Waals surface area contributed by atoms with Crippen molar-refractivity contribution in [3.05, 3.63) is 89.2 Å². The molecule has 0 radical (unpaired) electrons. The first-order valence-corrected chi connectivity index (χ1v) is 14.1. The van der Waals surface area contributed by atoms with Gasteiger partial charge in [0, 0.05) is 29.9 Å². The van der Waals surface area contributed by atoms with Gasteiger partial charge in [-0.3, -0.25) is 9.36 Å². The zero-order chi connectivity index (χ0) is 24.5. The van der Waals surface area contributed by atoms with Crippen LogP contribution in [-0.2, 0) is 19.5 Å². The lowest BCUT2D eigenvalue weighted by molar-refractivity contribution is -0.693. The summed E-state index contributed by atoms with van der Waals surface area (Å²) in [6, 6.07) is 14.0. The minimum absolute atomic E-state index is 0.0555. The molecule has 0 unspecified atom stereocenters. The van der Waals surface area contributed by atoms with Gasteiger partial charge in [0.25, 0.3) is 10.6 Å². The zero-order valence-electron chi connectivity index (χ0n) is 19.7. The van der Waals surface area contributed by atoms with Crippen LogP contribution < -0.4 is 29.0 Å². The van der Waals surface area contributed by atoms with E-state index in [0.717, 1.165) is 53.6 Å². The minimum Gasteiger partial charge on any atom is -0.497 e. The van der Waals surface area contributed by atoms with Crippen LogP contribution in [0.1, 0.15) is 17.5 Å². The van der Waals surface area contributed by atoms with Crippen LogP contribution in [-0.4, -0.2) is 18.7 Å². The van der Waals surface area contributed by atoms with Crippen LogP contribution in [0.25, 0.3) is 11.1 Å². The van der Waals surface area contributed by atoms with Crippen LogP contribution in [0.5, 0.6) is 5.75 Å². The number of ether oxygens (including phenoxy) is 1. The Morgan fingerprint density at radius 3 is 2.83 bits per heavy atom. The van der Waals surface area contributed by atoms with Crippen LogP contribution in [0.3, 0.4) is 0 Å². The van der Waals surface area contributed by atoms with Crippen LogP contribution in [0.4, 0.5) is 5.69 Å². The maximum absolute atomic E-state index is 13.4. The number of thioether (sulfide) groups is 1. The molecule has 0 saturated carbocycles. The Labute approximate surface area is 221 Å². The Morgan fingerprint density at radius 2 is 2.06 bits per heavy atom. The molecule has 5 nitrogen and oxygen atoms in total. The van der Waals surface area contributed by atoms with Crippen molar-refractivity contribution >= 4 is 62.8 Å². The first kappa shape index (κ1) is 24.2. The van der Waals surface area contributed by atoms with Crippen molar-refractivity contribution in [1.82, 2.24) is 4.57 Å². The van der Waals surface area contributed by atoms with Crippen molar-refractivity contribution in [1.29, 1.82) is 0 Å². The van der Waals surface area contributed by atoms with Gasteiger partial charge < -0.3 is 9.64 Å². The molecule has 0 saturated heterocycles. The summed E-state index contributed by atoms with van der Waals surface area (Å²) in [4.78, 5) is 16.6. The Kier molecular flexibility index (Phi) is 7.07. The normalized spacial score (nSPS) is 15.1. The molecule has 3 heterocycles. The molecule has 5 rings (SSSR count). The summed E-state index contributed by atoms with van der Waals surface area (Å²) in [5, 5.41) is 4.93. The second-order valence-corrected chi connectivity index (χ2v) is 11.5. The SMILES string of the molecule is CCn1c(=O)/c(=C2\Sc3cc(OC)ccc3N2C)s/c1=C\c1scc[n+]1CCc1cccc(Cl)c1. The standard InChI is InChI=1S/C26H25ClN3O2S3/c1-4-30-23(16-22-29(12-13-33-22)11-10-17-6-5-7-18(27)14-17)35-24(25(30)31)26-28(2)20-9-8-19(32-3)15-21(20)34-26/h5-9,12-16H,4,10-11H2,1-3H3/q+1/b26-24+. The van der Waals surface area contributed by atoms with Crippen LogP contribution in [0.2, 0.25) is 5.02 Å². The first-order chi connectivity index (χ1) is 17.0. The van der Waals surface area contributed by atoms with Crippen LogP contribution in [0, 0.1) is 0 Å². The van der Waals surface area contributed by atoms with E-state index in [0.29, 0.717) is 6.54 Å². The van der Waals surface area contributed by atoms with Crippen molar-refractivity contribution < 1.29 is 9.30 Å². The third kappa shape index (κ3) is 4.80. The quantitative estimate of drug-likeness (QED) is 0.340. The minimum atomic E-state index is 0.0555. The molecule has 180 valence electrons. The molecule has 0 bridgehead atoms. The number of aryl methyl sites for hydroxylation is 2. The van der Waals surface area contributed by atoms with Crippen LogP contribution >= 0.6 is 46.0 Å². The molecule has 1 aliphatic heterocycles. The van der Waals surface area contributed by atoms with E-state index in [1.54, 1.807) is 41.5 Å². The predicted molar refractivity (Wildman–Crippen MR) is 147 cm³/mol. The number of fused-ring (bicyclic) bond motifs is 1. The van der Waals surface area contributed by atoms with Crippen molar-refractivity contribution in [3.8, 4) is 5.75 Å². The number of nitrogens with zero attached hydrogens (tertiary/aromatic N) is 3. The molecule has 0 fully saturated rings. The van der Waals surface area contributed by atoms with Crippen molar-refractivity contribution in [3.63, 3.8) is 0 Å². The maximum Gasteiger partial charge on any atom is 0.271 e. The molecule has 35 heavy (non-hydrogen) atoms. The number of benzene rings is 2. The molecular weight excluding hydrogens is 518 g/mol. The summed E-state index contributed by atoms with van der Waals surface area (Å²) in [6.07, 6.45) is 5.13. The third-order valence-corrected chi connectivity index (χ3v) is 9.51. The molecule has 4 aromatic rings. The summed E-state index contributed by atoms with van der Waals surface area (Å²) < 4.78 is 11.2. The molecule has 0 aliphatic carbocycles. The predicted octanol–water partition coefficient (Wildman–Crippen LogP) is 4.32. The number of aromatic nitrogens is 2. The summed E-state index contributed by atoms with van der Waals surface area (Å²) in [6.45, 7) is 3.49. The highest BCUT2D eigenvalue weighted by molar-refractivity contribution is 8.08. The van der Waals surface area contributed by atoms with Gasteiger partial charge in [0.1, 0.15) is 20.0 Å². The van der Waals surface area contributed by atoms with Crippen molar-refractivity contribution in [2.24, 2.45) is 0 Å². The molecule has 0 N–H and O–H groups in total. The molecule has 9 heteroatoms. The van der Waals surface area contributed by atoms with Gasteiger partial charge in [0.2, 0.25) is 0 Å². The fourth-order valence-electron chi connectivity index (χ4n) is 4.09. The van der Waals surface area contributed by atoms with Gasteiger partial charge in [-0.2, -0.15) is 4.57 Å². The topological polar surface area (TPSA) is 38.4 Å². The summed E-state index contributed by atoms with van der Waals surface area (Å²) in [5.41, 5.74) is 2.35. The lowest BCUT2D eigenvalue weighted by Gasteiger charge is -2.12. The first-order valence-electron chi connectivity index (χ1n) is 11.2. The third-order valence-electron chi connectivity index (χ3n) is 5.95. The van der Waals surface area contributed by atoms with Gasteiger partial charge in [-0.15, -0.1) is 11.3 Å². The van der Waals surface area contributed by atoms with E-state index in [9.17, 15) is 4.79 Å². The molecule has 0 atom stereocenters. The highest BCUT2D eigenvalue weighted by Crippen LogP contribution is 2.46. The number of hydrogen-bond acceptors (Lipinski definition) is 6. The van der Waals surface area contributed by atoms with Crippen molar-refractivity contribution in [2.75, 3.05) is 19.1 Å². The maximum atomic E-state index is 13.4. The average molecular weight is 543 g/mol. The van der Waals surface area contributed by atoms with E-state index in [4.69, 9.17) is 16.3 Å². The molecular formula is C26H25ClN3O2S3+. The lowest BCUT2D eigenvalue weighted by atomic mass is 10.1. The molecule has 0 amide bonds. The Bertz CT molecular complexity index is 1570. The monoisotopic (exact) mass is 542 g/mol. The Balaban J connectivity index is 1.52. The van der Waals surface area contributed by atoms with Gasteiger partial charge in [-0.05, 0) is 42.8 Å². The van der Waals surface area contributed by atoms with E-state index in [1.807, 2.05) is 54.9 Å². The number of rotatable bonds is 6. The molecule has 2 aromatic heterocycles. The largest absolute Gasteiger partial charge is 0.497 e. The van der Waals surface area contributed by atoms with E-state index < -0.39 is 0 Å².